The van der Waals surface area contributed by atoms with Gasteiger partial charge in [0.1, 0.15) is 5.82 Å². The molecular weight excluding hydrogens is 392 g/mol. The van der Waals surface area contributed by atoms with Crippen LogP contribution in [0.1, 0.15) is 36.5 Å². The van der Waals surface area contributed by atoms with E-state index in [4.69, 9.17) is 0 Å². The van der Waals surface area contributed by atoms with Crippen molar-refractivity contribution in [3.8, 4) is 0 Å². The molecule has 31 heavy (non-hydrogen) atoms. The predicted octanol–water partition coefficient (Wildman–Crippen LogP) is 3.25. The Morgan fingerprint density at radius 3 is 2.84 bits per heavy atom. The van der Waals surface area contributed by atoms with Gasteiger partial charge in [0.15, 0.2) is 0 Å². The molecule has 2 N–H and O–H groups in total. The van der Waals surface area contributed by atoms with Crippen LogP contribution in [-0.2, 0) is 20.8 Å². The molecule has 0 unspecified atom stereocenters. The van der Waals surface area contributed by atoms with Crippen LogP contribution in [0.5, 0.6) is 0 Å². The predicted molar refractivity (Wildman–Crippen MR) is 120 cm³/mol. The van der Waals surface area contributed by atoms with Crippen LogP contribution >= 0.6 is 0 Å². The van der Waals surface area contributed by atoms with Gasteiger partial charge >= 0.3 is 0 Å². The highest BCUT2D eigenvalue weighted by Gasteiger charge is 2.18. The number of aryl methyl sites for hydroxylation is 1. The van der Waals surface area contributed by atoms with Crippen molar-refractivity contribution in [1.29, 1.82) is 0 Å². The minimum absolute atomic E-state index is 0.0159. The van der Waals surface area contributed by atoms with Crippen LogP contribution in [0, 0.1) is 0 Å². The Balaban J connectivity index is 1.38. The van der Waals surface area contributed by atoms with E-state index >= 15 is 0 Å². The van der Waals surface area contributed by atoms with Gasteiger partial charge < -0.3 is 15.5 Å². The van der Waals surface area contributed by atoms with Crippen molar-refractivity contribution in [1.82, 2.24) is 9.88 Å². The van der Waals surface area contributed by atoms with E-state index in [1.54, 1.807) is 23.2 Å². The van der Waals surface area contributed by atoms with E-state index in [1.165, 1.54) is 12.5 Å². The van der Waals surface area contributed by atoms with E-state index in [0.29, 0.717) is 31.7 Å². The molecule has 1 aromatic carbocycles. The molecule has 0 fully saturated rings. The van der Waals surface area contributed by atoms with Gasteiger partial charge in [-0.2, -0.15) is 0 Å². The lowest BCUT2D eigenvalue weighted by molar-refractivity contribution is -0.125. The Hall–Kier alpha value is -3.74. The quantitative estimate of drug-likeness (QED) is 0.749. The fourth-order valence-electron chi connectivity index (χ4n) is 3.77. The molecule has 0 saturated heterocycles. The maximum absolute atomic E-state index is 12.6. The average Bonchev–Trinajstić information content (AvgIpc) is 2.77. The first-order valence-corrected chi connectivity index (χ1v) is 10.3. The van der Waals surface area contributed by atoms with Gasteiger partial charge in [-0.25, -0.2) is 4.98 Å². The SMILES string of the molecule is CC(=O)Nc1cccc(C2=CCN(C(=O)C=Cc3cnc4c(c3)CCC(=O)N4)CC2)c1. The van der Waals surface area contributed by atoms with Gasteiger partial charge in [0.2, 0.25) is 17.7 Å². The van der Waals surface area contributed by atoms with Crippen LogP contribution in [0.3, 0.4) is 0 Å². The molecule has 0 aliphatic carbocycles. The second-order valence-corrected chi connectivity index (χ2v) is 7.68. The Kier molecular flexibility index (Phi) is 5.93. The van der Waals surface area contributed by atoms with Crippen LogP contribution in [0.4, 0.5) is 11.5 Å². The molecule has 2 aromatic rings. The van der Waals surface area contributed by atoms with Crippen LogP contribution in [0.2, 0.25) is 0 Å². The normalized spacial score (nSPS) is 15.8. The third-order valence-electron chi connectivity index (χ3n) is 5.36. The van der Waals surface area contributed by atoms with Gasteiger partial charge in [0.25, 0.3) is 0 Å². The number of nitrogens with one attached hydrogen (secondary N) is 2. The summed E-state index contributed by atoms with van der Waals surface area (Å²) in [5.41, 5.74) is 4.82. The third-order valence-corrected chi connectivity index (χ3v) is 5.36. The number of rotatable bonds is 4. The lowest BCUT2D eigenvalue weighted by Gasteiger charge is -2.26. The molecule has 3 heterocycles. The number of pyridine rings is 1. The summed E-state index contributed by atoms with van der Waals surface area (Å²) in [4.78, 5) is 41.4. The third kappa shape index (κ3) is 5.06. The van der Waals surface area contributed by atoms with Gasteiger partial charge in [-0.15, -0.1) is 0 Å². The molecule has 0 atom stereocenters. The molecule has 7 heteroatoms. The Morgan fingerprint density at radius 1 is 1.19 bits per heavy atom. The largest absolute Gasteiger partial charge is 0.335 e. The minimum Gasteiger partial charge on any atom is -0.335 e. The number of fused-ring (bicyclic) bond motifs is 1. The summed E-state index contributed by atoms with van der Waals surface area (Å²) in [5.74, 6) is 0.444. The first kappa shape index (κ1) is 20.5. The lowest BCUT2D eigenvalue weighted by Crippen LogP contribution is -2.33. The number of hydrogen-bond acceptors (Lipinski definition) is 4. The molecule has 2 aliphatic rings. The Labute approximate surface area is 180 Å². The highest BCUT2D eigenvalue weighted by Crippen LogP contribution is 2.25. The number of aromatic nitrogens is 1. The molecule has 0 saturated carbocycles. The van der Waals surface area contributed by atoms with E-state index in [0.717, 1.165) is 28.8 Å². The molecule has 158 valence electrons. The number of benzene rings is 1. The molecule has 4 rings (SSSR count). The maximum atomic E-state index is 12.6. The molecule has 3 amide bonds. The number of carbonyl (C=O) groups is 3. The second kappa shape index (κ2) is 8.95. The molecule has 1 aromatic heterocycles. The second-order valence-electron chi connectivity index (χ2n) is 7.68. The summed E-state index contributed by atoms with van der Waals surface area (Å²) in [5, 5.41) is 5.56. The molecule has 7 nitrogen and oxygen atoms in total. The van der Waals surface area contributed by atoms with Crippen molar-refractivity contribution in [3.63, 3.8) is 0 Å². The van der Waals surface area contributed by atoms with E-state index in [-0.39, 0.29) is 17.7 Å². The highest BCUT2D eigenvalue weighted by molar-refractivity contribution is 5.94. The topological polar surface area (TPSA) is 91.4 Å². The fraction of sp³-hybridized carbons (Fsp3) is 0.250. The maximum Gasteiger partial charge on any atom is 0.246 e. The summed E-state index contributed by atoms with van der Waals surface area (Å²) in [7, 11) is 0. The highest BCUT2D eigenvalue weighted by atomic mass is 16.2. The lowest BCUT2D eigenvalue weighted by atomic mass is 9.99. The number of anilines is 2. The first-order valence-electron chi connectivity index (χ1n) is 10.3. The zero-order chi connectivity index (χ0) is 21.8. The van der Waals surface area contributed by atoms with E-state index in [9.17, 15) is 14.4 Å². The number of amides is 3. The Bertz CT molecular complexity index is 1100. The zero-order valence-electron chi connectivity index (χ0n) is 17.4. The number of nitrogens with zero attached hydrogens (tertiary/aromatic N) is 2. The van der Waals surface area contributed by atoms with Gasteiger partial charge in [-0.3, -0.25) is 14.4 Å². The van der Waals surface area contributed by atoms with Crippen molar-refractivity contribution in [2.24, 2.45) is 0 Å². The monoisotopic (exact) mass is 416 g/mol. The van der Waals surface area contributed by atoms with E-state index < -0.39 is 0 Å². The van der Waals surface area contributed by atoms with Crippen LogP contribution in [-0.4, -0.2) is 40.7 Å². The molecule has 0 bridgehead atoms. The van der Waals surface area contributed by atoms with Crippen LogP contribution in [0.25, 0.3) is 11.6 Å². The summed E-state index contributed by atoms with van der Waals surface area (Å²) in [6.45, 7) is 2.66. The smallest absolute Gasteiger partial charge is 0.246 e. The van der Waals surface area contributed by atoms with Crippen molar-refractivity contribution in [2.45, 2.75) is 26.2 Å². The van der Waals surface area contributed by atoms with Gasteiger partial charge in [0, 0.05) is 44.4 Å². The number of carbonyl (C=O) groups excluding carboxylic acids is 3. The minimum atomic E-state index is -0.0998. The zero-order valence-corrected chi connectivity index (χ0v) is 17.4. The fourth-order valence-corrected chi connectivity index (χ4v) is 3.77. The first-order chi connectivity index (χ1) is 15.0. The van der Waals surface area contributed by atoms with Crippen molar-refractivity contribution in [2.75, 3.05) is 23.7 Å². The summed E-state index contributed by atoms with van der Waals surface area (Å²) >= 11 is 0. The molecule has 0 radical (unpaired) electrons. The molecular formula is C24H24N4O3. The summed E-state index contributed by atoms with van der Waals surface area (Å²) in [6, 6.07) is 9.70. The average molecular weight is 416 g/mol. The van der Waals surface area contributed by atoms with Gasteiger partial charge in [-0.05, 0) is 59.4 Å². The van der Waals surface area contributed by atoms with Gasteiger partial charge in [-0.1, -0.05) is 18.2 Å². The van der Waals surface area contributed by atoms with Crippen molar-refractivity contribution in [3.05, 3.63) is 65.4 Å². The summed E-state index contributed by atoms with van der Waals surface area (Å²) < 4.78 is 0. The van der Waals surface area contributed by atoms with Crippen LogP contribution in [0.15, 0.2) is 48.7 Å². The summed E-state index contributed by atoms with van der Waals surface area (Å²) in [6.07, 6.45) is 8.92. The van der Waals surface area contributed by atoms with E-state index in [1.807, 2.05) is 30.3 Å². The molecule has 2 aliphatic heterocycles. The van der Waals surface area contributed by atoms with Crippen molar-refractivity contribution < 1.29 is 14.4 Å². The number of hydrogen-bond donors (Lipinski definition) is 2. The standard InChI is InChI=1S/C24H24N4O3/c1-16(29)26-21-4-2-3-19(14-21)18-9-11-28(12-10-18)23(31)8-5-17-13-20-6-7-22(30)27-24(20)25-15-17/h2-5,8-9,13-15H,6-7,10-12H2,1H3,(H,26,29)(H,25,27,30). The van der Waals surface area contributed by atoms with E-state index in [2.05, 4.69) is 21.7 Å². The van der Waals surface area contributed by atoms with Gasteiger partial charge in [0.05, 0.1) is 0 Å². The van der Waals surface area contributed by atoms with Crippen LogP contribution < -0.4 is 10.6 Å². The molecule has 0 spiro atoms. The Morgan fingerprint density at radius 2 is 2.06 bits per heavy atom. The van der Waals surface area contributed by atoms with Crippen molar-refractivity contribution >= 4 is 40.9 Å².